The lowest BCUT2D eigenvalue weighted by atomic mass is 10.1. The molecule has 0 aliphatic carbocycles. The Morgan fingerprint density at radius 2 is 1.97 bits per heavy atom. The number of aryl methyl sites for hydroxylation is 1. The van der Waals surface area contributed by atoms with Gasteiger partial charge in [0.1, 0.15) is 11.9 Å². The zero-order valence-electron chi connectivity index (χ0n) is 17.2. The summed E-state index contributed by atoms with van der Waals surface area (Å²) in [5.41, 5.74) is 2.95. The number of hydrogen-bond acceptors (Lipinski definition) is 4. The van der Waals surface area contributed by atoms with Crippen LogP contribution in [0, 0.1) is 0 Å². The summed E-state index contributed by atoms with van der Waals surface area (Å²) in [4.78, 5) is 26.3. The van der Waals surface area contributed by atoms with Crippen molar-refractivity contribution in [2.75, 3.05) is 11.9 Å². The van der Waals surface area contributed by atoms with Crippen LogP contribution < -0.4 is 5.32 Å². The first-order valence-corrected chi connectivity index (χ1v) is 10.4. The van der Waals surface area contributed by atoms with E-state index in [1.807, 2.05) is 36.4 Å². The average Bonchev–Trinajstić information content (AvgIpc) is 3.46. The van der Waals surface area contributed by atoms with Gasteiger partial charge in [-0.2, -0.15) is 0 Å². The average molecular weight is 417 g/mol. The van der Waals surface area contributed by atoms with Gasteiger partial charge in [-0.15, -0.1) is 0 Å². The van der Waals surface area contributed by atoms with Gasteiger partial charge in [-0.05, 0) is 43.3 Å². The van der Waals surface area contributed by atoms with Gasteiger partial charge in [-0.25, -0.2) is 4.79 Å². The number of nitrogens with one attached hydrogen (secondary N) is 1. The van der Waals surface area contributed by atoms with Crippen molar-refractivity contribution in [2.24, 2.45) is 0 Å². The van der Waals surface area contributed by atoms with Gasteiger partial charge in [0.25, 0.3) is 0 Å². The first-order valence-electron chi connectivity index (χ1n) is 10.4. The van der Waals surface area contributed by atoms with Gasteiger partial charge in [-0.1, -0.05) is 18.2 Å². The predicted molar refractivity (Wildman–Crippen MR) is 118 cm³/mol. The van der Waals surface area contributed by atoms with Crippen LogP contribution in [0.25, 0.3) is 21.8 Å². The van der Waals surface area contributed by atoms with Crippen molar-refractivity contribution in [3.05, 3.63) is 66.6 Å². The molecule has 0 bridgehead atoms. The smallest absolute Gasteiger partial charge is 0.411 e. The molecule has 1 saturated heterocycles. The molecule has 0 radical (unpaired) electrons. The minimum absolute atomic E-state index is 0.0528. The number of rotatable bonds is 5. The van der Waals surface area contributed by atoms with E-state index in [2.05, 4.69) is 28.9 Å². The third-order valence-electron chi connectivity index (χ3n) is 5.71. The molecule has 2 aromatic carbocycles. The number of likely N-dealkylation sites (tertiary alicyclic amines) is 1. The standard InChI is InChI=1S/C24H23N3O4/c1-2-27-21-8-4-3-7-19(21)20-12-16(9-10-22(20)27)25-24(29)31-18-13-23(28)26(15-18)14-17-6-5-11-30-17/h3-12,18H,2,13-15H2,1H3,(H,25,29). The van der Waals surface area contributed by atoms with Crippen LogP contribution in [-0.2, 0) is 22.6 Å². The molecule has 7 heteroatoms. The summed E-state index contributed by atoms with van der Waals surface area (Å²) in [7, 11) is 0. The van der Waals surface area contributed by atoms with E-state index < -0.39 is 12.2 Å². The number of fused-ring (bicyclic) bond motifs is 3. The number of benzene rings is 2. The Balaban J connectivity index is 1.28. The van der Waals surface area contributed by atoms with Crippen LogP contribution in [0.3, 0.4) is 0 Å². The van der Waals surface area contributed by atoms with Crippen LogP contribution in [0.2, 0.25) is 0 Å². The number of ether oxygens (including phenoxy) is 1. The van der Waals surface area contributed by atoms with Gasteiger partial charge in [-0.3, -0.25) is 10.1 Å². The summed E-state index contributed by atoms with van der Waals surface area (Å²) >= 11 is 0. The Bertz CT molecular complexity index is 1260. The Labute approximate surface area is 179 Å². The Morgan fingerprint density at radius 1 is 1.13 bits per heavy atom. The van der Waals surface area contributed by atoms with E-state index in [4.69, 9.17) is 9.15 Å². The number of carbonyl (C=O) groups is 2. The summed E-state index contributed by atoms with van der Waals surface area (Å²) in [5, 5.41) is 5.03. The maximum atomic E-state index is 12.5. The summed E-state index contributed by atoms with van der Waals surface area (Å²) in [6.45, 7) is 3.72. The number of hydrogen-bond donors (Lipinski definition) is 1. The maximum absolute atomic E-state index is 12.5. The van der Waals surface area contributed by atoms with Crippen molar-refractivity contribution in [1.29, 1.82) is 0 Å². The fourth-order valence-corrected chi connectivity index (χ4v) is 4.33. The SMILES string of the molecule is CCn1c2ccccc2c2cc(NC(=O)OC3CC(=O)N(Cc4ccco4)C3)ccc21. The number of aromatic nitrogens is 1. The van der Waals surface area contributed by atoms with Crippen molar-refractivity contribution in [3.63, 3.8) is 0 Å². The van der Waals surface area contributed by atoms with Crippen molar-refractivity contribution in [1.82, 2.24) is 9.47 Å². The summed E-state index contributed by atoms with van der Waals surface area (Å²) in [5.74, 6) is 0.654. The van der Waals surface area contributed by atoms with E-state index >= 15 is 0 Å². The quantitative estimate of drug-likeness (QED) is 0.508. The summed E-state index contributed by atoms with van der Waals surface area (Å²) in [6, 6.07) is 17.7. The molecule has 1 atom stereocenters. The van der Waals surface area contributed by atoms with Gasteiger partial charge in [0, 0.05) is 34.0 Å². The summed E-state index contributed by atoms with van der Waals surface area (Å²) in [6.07, 6.45) is 0.716. The molecule has 1 unspecified atom stereocenters. The Hall–Kier alpha value is -3.74. The molecule has 158 valence electrons. The second-order valence-electron chi connectivity index (χ2n) is 7.70. The maximum Gasteiger partial charge on any atom is 0.411 e. The molecule has 3 heterocycles. The van der Waals surface area contributed by atoms with Crippen molar-refractivity contribution < 1.29 is 18.7 Å². The van der Waals surface area contributed by atoms with Crippen LogP contribution in [0.1, 0.15) is 19.1 Å². The number of furan rings is 1. The Kier molecular flexibility index (Phi) is 4.86. The number of para-hydroxylation sites is 1. The van der Waals surface area contributed by atoms with Crippen molar-refractivity contribution in [2.45, 2.75) is 32.5 Å². The van der Waals surface area contributed by atoms with E-state index in [-0.39, 0.29) is 12.3 Å². The van der Waals surface area contributed by atoms with Crippen LogP contribution in [0.5, 0.6) is 0 Å². The van der Waals surface area contributed by atoms with Gasteiger partial charge >= 0.3 is 6.09 Å². The monoisotopic (exact) mass is 417 g/mol. The van der Waals surface area contributed by atoms with E-state index in [0.29, 0.717) is 24.5 Å². The lowest BCUT2D eigenvalue weighted by molar-refractivity contribution is -0.128. The minimum Gasteiger partial charge on any atom is -0.467 e. The molecule has 2 amide bonds. The van der Waals surface area contributed by atoms with Crippen LogP contribution in [0.15, 0.2) is 65.3 Å². The lowest BCUT2D eigenvalue weighted by Gasteiger charge is -2.15. The third-order valence-corrected chi connectivity index (χ3v) is 5.71. The van der Waals surface area contributed by atoms with Crippen molar-refractivity contribution >= 4 is 39.5 Å². The summed E-state index contributed by atoms with van der Waals surface area (Å²) < 4.78 is 13.1. The van der Waals surface area contributed by atoms with E-state index in [1.165, 1.54) is 5.52 Å². The van der Waals surface area contributed by atoms with Gasteiger partial charge < -0.3 is 18.6 Å². The van der Waals surface area contributed by atoms with Crippen LogP contribution >= 0.6 is 0 Å². The molecule has 1 fully saturated rings. The second kappa shape index (κ2) is 7.83. The molecule has 7 nitrogen and oxygen atoms in total. The fraction of sp³-hybridized carbons (Fsp3) is 0.250. The highest BCUT2D eigenvalue weighted by molar-refractivity contribution is 6.09. The molecule has 4 aromatic rings. The number of anilines is 1. The van der Waals surface area contributed by atoms with Crippen molar-refractivity contribution in [3.8, 4) is 0 Å². The molecule has 5 rings (SSSR count). The Morgan fingerprint density at radius 3 is 2.77 bits per heavy atom. The second-order valence-corrected chi connectivity index (χ2v) is 7.70. The molecule has 31 heavy (non-hydrogen) atoms. The molecular weight excluding hydrogens is 394 g/mol. The zero-order valence-corrected chi connectivity index (χ0v) is 17.2. The molecular formula is C24H23N3O4. The largest absolute Gasteiger partial charge is 0.467 e. The molecule has 0 saturated carbocycles. The normalized spacial score (nSPS) is 16.4. The van der Waals surface area contributed by atoms with Crippen LogP contribution in [-0.4, -0.2) is 34.1 Å². The van der Waals surface area contributed by atoms with E-state index in [0.717, 1.165) is 22.8 Å². The number of nitrogens with zero attached hydrogens (tertiary/aromatic N) is 2. The van der Waals surface area contributed by atoms with Gasteiger partial charge in [0.2, 0.25) is 5.91 Å². The molecule has 1 aliphatic heterocycles. The predicted octanol–water partition coefficient (Wildman–Crippen LogP) is 4.76. The number of carbonyl (C=O) groups excluding carboxylic acids is 2. The third kappa shape index (κ3) is 3.63. The zero-order chi connectivity index (χ0) is 21.4. The molecule has 1 N–H and O–H groups in total. The minimum atomic E-state index is -0.559. The highest BCUT2D eigenvalue weighted by Crippen LogP contribution is 2.31. The van der Waals surface area contributed by atoms with Crippen LogP contribution in [0.4, 0.5) is 10.5 Å². The number of amides is 2. The van der Waals surface area contributed by atoms with Gasteiger partial charge in [0.05, 0.1) is 25.8 Å². The van der Waals surface area contributed by atoms with E-state index in [1.54, 1.807) is 17.2 Å². The first-order chi connectivity index (χ1) is 15.1. The van der Waals surface area contributed by atoms with Gasteiger partial charge in [0.15, 0.2) is 0 Å². The molecule has 0 spiro atoms. The highest BCUT2D eigenvalue weighted by atomic mass is 16.6. The molecule has 2 aromatic heterocycles. The van der Waals surface area contributed by atoms with E-state index in [9.17, 15) is 9.59 Å². The highest BCUT2D eigenvalue weighted by Gasteiger charge is 2.32. The molecule has 1 aliphatic rings. The fourth-order valence-electron chi connectivity index (χ4n) is 4.33. The first kappa shape index (κ1) is 19.2. The lowest BCUT2D eigenvalue weighted by Crippen LogP contribution is -2.27. The topological polar surface area (TPSA) is 76.7 Å².